The van der Waals surface area contributed by atoms with Crippen molar-refractivity contribution in [3.8, 4) is 17.0 Å². The average molecular weight is 337 g/mol. The Balaban J connectivity index is 1.95. The number of rotatable bonds is 6. The summed E-state index contributed by atoms with van der Waals surface area (Å²) in [5.41, 5.74) is 3.35. The highest BCUT2D eigenvalue weighted by atomic mass is 16.5. The third-order valence-corrected chi connectivity index (χ3v) is 4.47. The molecule has 0 fully saturated rings. The van der Waals surface area contributed by atoms with Gasteiger partial charge in [0.2, 0.25) is 5.91 Å². The van der Waals surface area contributed by atoms with Gasteiger partial charge < -0.3 is 14.5 Å². The lowest BCUT2D eigenvalue weighted by atomic mass is 10.0. The largest absolute Gasteiger partial charge is 0.495 e. The molecule has 0 radical (unpaired) electrons. The number of imidazole rings is 1. The van der Waals surface area contributed by atoms with Crippen LogP contribution in [0.3, 0.4) is 0 Å². The van der Waals surface area contributed by atoms with Crippen molar-refractivity contribution in [2.45, 2.75) is 26.7 Å². The summed E-state index contributed by atoms with van der Waals surface area (Å²) in [5.74, 6) is 0.672. The molecule has 0 atom stereocenters. The molecule has 2 aromatic heterocycles. The number of ether oxygens (including phenoxy) is 1. The third kappa shape index (κ3) is 3.50. The fourth-order valence-corrected chi connectivity index (χ4v) is 2.93. The number of nitrogens with one attached hydrogen (secondary N) is 1. The Bertz CT molecular complexity index is 849. The molecule has 5 nitrogen and oxygen atoms in total. The number of benzene rings is 1. The van der Waals surface area contributed by atoms with Crippen molar-refractivity contribution in [2.75, 3.05) is 12.4 Å². The summed E-state index contributed by atoms with van der Waals surface area (Å²) in [6.07, 6.45) is 5.57. The standard InChI is InChI=1S/C20H23N3O2/c1-4-14(5-2)20(24)22-16-12-15(9-10-18(16)25-3)17-13-23-11-7-6-8-19(23)21-17/h6-14H,4-5H2,1-3H3,(H,22,24). The van der Waals surface area contributed by atoms with Gasteiger partial charge in [0.1, 0.15) is 11.4 Å². The van der Waals surface area contributed by atoms with Crippen LogP contribution in [0.5, 0.6) is 5.75 Å². The van der Waals surface area contributed by atoms with E-state index in [-0.39, 0.29) is 11.8 Å². The second-order valence-corrected chi connectivity index (χ2v) is 6.01. The SMILES string of the molecule is CCC(CC)C(=O)Nc1cc(-c2cn3ccccc3n2)ccc1OC. The Morgan fingerprint density at radius 3 is 2.72 bits per heavy atom. The number of hydrogen-bond acceptors (Lipinski definition) is 3. The van der Waals surface area contributed by atoms with Crippen LogP contribution in [-0.2, 0) is 4.79 Å². The Hall–Kier alpha value is -2.82. The van der Waals surface area contributed by atoms with Crippen LogP contribution in [0.4, 0.5) is 5.69 Å². The summed E-state index contributed by atoms with van der Waals surface area (Å²) in [6, 6.07) is 11.6. The van der Waals surface area contributed by atoms with Gasteiger partial charge in [-0.3, -0.25) is 4.79 Å². The highest BCUT2D eigenvalue weighted by Gasteiger charge is 2.17. The van der Waals surface area contributed by atoms with Crippen LogP contribution >= 0.6 is 0 Å². The molecular formula is C20H23N3O2. The van der Waals surface area contributed by atoms with E-state index >= 15 is 0 Å². The summed E-state index contributed by atoms with van der Waals surface area (Å²) >= 11 is 0. The van der Waals surface area contributed by atoms with Crippen LogP contribution in [0, 0.1) is 5.92 Å². The quantitative estimate of drug-likeness (QED) is 0.726. The molecule has 0 aliphatic carbocycles. The van der Waals surface area contributed by atoms with Gasteiger partial charge in [-0.25, -0.2) is 4.98 Å². The van der Waals surface area contributed by atoms with Crippen LogP contribution < -0.4 is 10.1 Å². The van der Waals surface area contributed by atoms with Crippen molar-refractivity contribution in [3.05, 3.63) is 48.8 Å². The van der Waals surface area contributed by atoms with E-state index in [2.05, 4.69) is 10.3 Å². The van der Waals surface area contributed by atoms with Gasteiger partial charge in [-0.1, -0.05) is 19.9 Å². The lowest BCUT2D eigenvalue weighted by Gasteiger charge is -2.15. The summed E-state index contributed by atoms with van der Waals surface area (Å²) in [4.78, 5) is 17.1. The number of anilines is 1. The minimum Gasteiger partial charge on any atom is -0.495 e. The van der Waals surface area contributed by atoms with Crippen molar-refractivity contribution in [1.82, 2.24) is 9.38 Å². The maximum Gasteiger partial charge on any atom is 0.227 e. The number of fused-ring (bicyclic) bond motifs is 1. The molecule has 3 aromatic rings. The van der Waals surface area contributed by atoms with Gasteiger partial charge in [-0.15, -0.1) is 0 Å². The molecule has 0 saturated carbocycles. The molecule has 1 amide bonds. The first-order valence-corrected chi connectivity index (χ1v) is 8.59. The average Bonchev–Trinajstić information content (AvgIpc) is 3.07. The van der Waals surface area contributed by atoms with E-state index in [1.165, 1.54) is 0 Å². The number of aromatic nitrogens is 2. The molecule has 0 unspecified atom stereocenters. The first-order valence-electron chi connectivity index (χ1n) is 8.59. The van der Waals surface area contributed by atoms with Gasteiger partial charge >= 0.3 is 0 Å². The second kappa shape index (κ2) is 7.38. The second-order valence-electron chi connectivity index (χ2n) is 6.01. The molecule has 0 spiro atoms. The zero-order valence-electron chi connectivity index (χ0n) is 14.8. The van der Waals surface area contributed by atoms with Crippen LogP contribution in [-0.4, -0.2) is 22.4 Å². The molecule has 25 heavy (non-hydrogen) atoms. The summed E-state index contributed by atoms with van der Waals surface area (Å²) in [5, 5.41) is 3.01. The Morgan fingerprint density at radius 1 is 1.24 bits per heavy atom. The zero-order chi connectivity index (χ0) is 17.8. The number of pyridine rings is 1. The summed E-state index contributed by atoms with van der Waals surface area (Å²) in [6.45, 7) is 4.05. The van der Waals surface area contributed by atoms with E-state index in [0.717, 1.165) is 29.7 Å². The molecule has 5 heteroatoms. The number of hydrogen-bond donors (Lipinski definition) is 1. The Morgan fingerprint density at radius 2 is 2.04 bits per heavy atom. The molecule has 1 aromatic carbocycles. The smallest absolute Gasteiger partial charge is 0.227 e. The maximum absolute atomic E-state index is 12.4. The number of carbonyl (C=O) groups is 1. The van der Waals surface area contributed by atoms with Gasteiger partial charge in [0.25, 0.3) is 0 Å². The van der Waals surface area contributed by atoms with Crippen LogP contribution in [0.2, 0.25) is 0 Å². The number of amides is 1. The van der Waals surface area contributed by atoms with Gasteiger partial charge in [0, 0.05) is 23.9 Å². The maximum atomic E-state index is 12.4. The van der Waals surface area contributed by atoms with Crippen molar-refractivity contribution in [2.24, 2.45) is 5.92 Å². The zero-order valence-corrected chi connectivity index (χ0v) is 14.8. The molecule has 0 aliphatic heterocycles. The van der Waals surface area contributed by atoms with E-state index in [1.54, 1.807) is 7.11 Å². The van der Waals surface area contributed by atoms with Crippen molar-refractivity contribution < 1.29 is 9.53 Å². The molecule has 0 aliphatic rings. The first-order chi connectivity index (χ1) is 12.2. The molecule has 0 saturated heterocycles. The monoisotopic (exact) mass is 337 g/mol. The molecule has 1 N–H and O–H groups in total. The number of nitrogens with zero attached hydrogens (tertiary/aromatic N) is 2. The first kappa shape index (κ1) is 17.0. The van der Waals surface area contributed by atoms with Crippen molar-refractivity contribution in [1.29, 1.82) is 0 Å². The van der Waals surface area contributed by atoms with Crippen LogP contribution in [0.25, 0.3) is 16.9 Å². The van der Waals surface area contributed by atoms with Crippen LogP contribution in [0.15, 0.2) is 48.8 Å². The molecule has 0 bridgehead atoms. The Kier molecular flexibility index (Phi) is 5.03. The van der Waals surface area contributed by atoms with Crippen molar-refractivity contribution >= 4 is 17.2 Å². The minimum absolute atomic E-state index is 0.00329. The lowest BCUT2D eigenvalue weighted by molar-refractivity contribution is -0.120. The van der Waals surface area contributed by atoms with Gasteiger partial charge in [0.05, 0.1) is 18.5 Å². The summed E-state index contributed by atoms with van der Waals surface area (Å²) in [7, 11) is 1.60. The number of carbonyl (C=O) groups excluding carboxylic acids is 1. The third-order valence-electron chi connectivity index (χ3n) is 4.47. The number of methoxy groups -OCH3 is 1. The van der Waals surface area contributed by atoms with E-state index in [0.29, 0.717) is 11.4 Å². The molecule has 3 rings (SSSR count). The van der Waals surface area contributed by atoms with Gasteiger partial charge in [0.15, 0.2) is 0 Å². The Labute approximate surface area is 147 Å². The van der Waals surface area contributed by atoms with E-state index in [9.17, 15) is 4.79 Å². The predicted octanol–water partition coefficient (Wildman–Crippen LogP) is 4.38. The van der Waals surface area contributed by atoms with E-state index < -0.39 is 0 Å². The fraction of sp³-hybridized carbons (Fsp3) is 0.300. The predicted molar refractivity (Wildman–Crippen MR) is 99.9 cm³/mol. The highest BCUT2D eigenvalue weighted by molar-refractivity contribution is 5.94. The fourth-order valence-electron chi connectivity index (χ4n) is 2.93. The van der Waals surface area contributed by atoms with E-state index in [1.807, 2.05) is 67.0 Å². The lowest BCUT2D eigenvalue weighted by Crippen LogP contribution is -2.22. The molecule has 130 valence electrons. The van der Waals surface area contributed by atoms with Gasteiger partial charge in [-0.2, -0.15) is 0 Å². The van der Waals surface area contributed by atoms with Crippen molar-refractivity contribution in [3.63, 3.8) is 0 Å². The molecular weight excluding hydrogens is 314 g/mol. The van der Waals surface area contributed by atoms with Gasteiger partial charge in [-0.05, 0) is 43.2 Å². The van der Waals surface area contributed by atoms with Crippen LogP contribution in [0.1, 0.15) is 26.7 Å². The molecule has 2 heterocycles. The minimum atomic E-state index is 0.00329. The highest BCUT2D eigenvalue weighted by Crippen LogP contribution is 2.31. The summed E-state index contributed by atoms with van der Waals surface area (Å²) < 4.78 is 7.38. The van der Waals surface area contributed by atoms with E-state index in [4.69, 9.17) is 4.74 Å². The normalized spacial score (nSPS) is 11.0. The topological polar surface area (TPSA) is 55.6 Å².